The van der Waals surface area contributed by atoms with Crippen molar-refractivity contribution in [3.8, 4) is 0 Å². The van der Waals surface area contributed by atoms with E-state index in [-0.39, 0.29) is 17.6 Å². The van der Waals surface area contributed by atoms with Gasteiger partial charge in [-0.25, -0.2) is 0 Å². The minimum Gasteiger partial charge on any atom is -0.371 e. The zero-order chi connectivity index (χ0) is 21.5. The largest absolute Gasteiger partial charge is 0.371 e. The van der Waals surface area contributed by atoms with E-state index in [1.54, 1.807) is 12.1 Å². The summed E-state index contributed by atoms with van der Waals surface area (Å²) in [5.41, 5.74) is 3.39. The number of hydrogen-bond donors (Lipinski definition) is 1. The summed E-state index contributed by atoms with van der Waals surface area (Å²) in [5.74, 6) is 1.72. The minimum atomic E-state index is -0.411. The molecule has 1 fully saturated rings. The fourth-order valence-corrected chi connectivity index (χ4v) is 4.54. The fourth-order valence-electron chi connectivity index (χ4n) is 3.74. The average Bonchev–Trinajstić information content (AvgIpc) is 2.74. The maximum absolute atomic E-state index is 12.3. The van der Waals surface area contributed by atoms with Crippen LogP contribution in [0.2, 0.25) is 0 Å². The summed E-state index contributed by atoms with van der Waals surface area (Å²) in [6.45, 7) is 6.52. The molecule has 0 saturated carbocycles. The lowest BCUT2D eigenvalue weighted by atomic mass is 9.99. The summed E-state index contributed by atoms with van der Waals surface area (Å²) in [4.78, 5) is 25.0. The van der Waals surface area contributed by atoms with E-state index in [1.807, 2.05) is 6.92 Å². The third-order valence-electron chi connectivity index (χ3n) is 5.44. The predicted octanol–water partition coefficient (Wildman–Crippen LogP) is 4.94. The minimum absolute atomic E-state index is 0.0108. The van der Waals surface area contributed by atoms with Crippen molar-refractivity contribution in [2.75, 3.05) is 23.7 Å². The molecule has 1 aliphatic heterocycles. The van der Waals surface area contributed by atoms with Gasteiger partial charge in [0.15, 0.2) is 0 Å². The van der Waals surface area contributed by atoms with Crippen LogP contribution in [-0.4, -0.2) is 29.7 Å². The molecule has 1 N–H and O–H groups in total. The lowest BCUT2D eigenvalue weighted by molar-refractivity contribution is -0.384. The smallest absolute Gasteiger partial charge is 0.269 e. The summed E-state index contributed by atoms with van der Waals surface area (Å²) in [7, 11) is 0. The van der Waals surface area contributed by atoms with E-state index in [4.69, 9.17) is 0 Å². The van der Waals surface area contributed by atoms with E-state index in [2.05, 4.69) is 41.4 Å². The highest BCUT2D eigenvalue weighted by molar-refractivity contribution is 7.99. The van der Waals surface area contributed by atoms with E-state index < -0.39 is 4.92 Å². The van der Waals surface area contributed by atoms with Crippen molar-refractivity contribution in [2.24, 2.45) is 5.92 Å². The van der Waals surface area contributed by atoms with E-state index >= 15 is 0 Å². The van der Waals surface area contributed by atoms with Gasteiger partial charge in [-0.05, 0) is 48.9 Å². The Hall–Kier alpha value is -2.54. The van der Waals surface area contributed by atoms with Crippen molar-refractivity contribution >= 4 is 29.0 Å². The van der Waals surface area contributed by atoms with Gasteiger partial charge in [0, 0.05) is 36.7 Å². The van der Waals surface area contributed by atoms with Gasteiger partial charge in [0.2, 0.25) is 5.91 Å². The Balaban J connectivity index is 1.44. The van der Waals surface area contributed by atoms with Gasteiger partial charge in [-0.3, -0.25) is 14.9 Å². The maximum Gasteiger partial charge on any atom is 0.269 e. The number of carbonyl (C=O) groups excluding carboxylic acids is 1. The molecular formula is C23H29N3O3S. The van der Waals surface area contributed by atoms with Gasteiger partial charge in [-0.1, -0.05) is 31.2 Å². The van der Waals surface area contributed by atoms with Crippen LogP contribution in [-0.2, 0) is 10.5 Å². The van der Waals surface area contributed by atoms with Crippen LogP contribution in [0.5, 0.6) is 0 Å². The number of benzene rings is 2. The molecule has 30 heavy (non-hydrogen) atoms. The SMILES string of the molecule is C[C@H]1CCCN(c2ccc([C@@H](C)NC(=O)CSCc3ccc([N+](=O)[O-])cc3)cc2)C1. The number of non-ortho nitro benzene ring substituents is 1. The Kier molecular flexibility index (Phi) is 7.74. The van der Waals surface area contributed by atoms with Gasteiger partial charge in [0.25, 0.3) is 5.69 Å². The van der Waals surface area contributed by atoms with Gasteiger partial charge >= 0.3 is 0 Å². The summed E-state index contributed by atoms with van der Waals surface area (Å²) in [6, 6.07) is 14.9. The van der Waals surface area contributed by atoms with Crippen LogP contribution in [0, 0.1) is 16.0 Å². The molecule has 1 saturated heterocycles. The Morgan fingerprint density at radius 1 is 1.23 bits per heavy atom. The number of piperidine rings is 1. The van der Waals surface area contributed by atoms with Crippen LogP contribution in [0.4, 0.5) is 11.4 Å². The molecule has 1 heterocycles. The van der Waals surface area contributed by atoms with Crippen molar-refractivity contribution < 1.29 is 9.72 Å². The van der Waals surface area contributed by atoms with Gasteiger partial charge < -0.3 is 10.2 Å². The van der Waals surface area contributed by atoms with Crippen LogP contribution < -0.4 is 10.2 Å². The van der Waals surface area contributed by atoms with Crippen LogP contribution in [0.3, 0.4) is 0 Å². The monoisotopic (exact) mass is 427 g/mol. The quantitative estimate of drug-likeness (QED) is 0.477. The molecule has 0 spiro atoms. The molecule has 0 unspecified atom stereocenters. The molecule has 6 nitrogen and oxygen atoms in total. The lowest BCUT2D eigenvalue weighted by Crippen LogP contribution is -2.34. The van der Waals surface area contributed by atoms with Crippen molar-refractivity contribution in [3.63, 3.8) is 0 Å². The molecule has 1 amide bonds. The summed E-state index contributed by atoms with van der Waals surface area (Å²) in [6.07, 6.45) is 2.55. The zero-order valence-electron chi connectivity index (χ0n) is 17.5. The number of amides is 1. The van der Waals surface area contributed by atoms with Crippen molar-refractivity contribution in [1.29, 1.82) is 0 Å². The van der Waals surface area contributed by atoms with Gasteiger partial charge in [0.1, 0.15) is 0 Å². The second-order valence-electron chi connectivity index (χ2n) is 7.99. The zero-order valence-corrected chi connectivity index (χ0v) is 18.4. The molecular weight excluding hydrogens is 398 g/mol. The highest BCUT2D eigenvalue weighted by Gasteiger charge is 2.17. The Bertz CT molecular complexity index is 855. The van der Waals surface area contributed by atoms with Crippen molar-refractivity contribution in [1.82, 2.24) is 5.32 Å². The number of carbonyl (C=O) groups is 1. The Morgan fingerprint density at radius 2 is 1.93 bits per heavy atom. The molecule has 2 aromatic rings. The molecule has 0 aliphatic carbocycles. The number of hydrogen-bond acceptors (Lipinski definition) is 5. The molecule has 3 rings (SSSR count). The van der Waals surface area contributed by atoms with Crippen LogP contribution in [0.1, 0.15) is 43.9 Å². The Labute approximate surface area is 182 Å². The van der Waals surface area contributed by atoms with E-state index in [9.17, 15) is 14.9 Å². The van der Waals surface area contributed by atoms with E-state index in [0.717, 1.165) is 30.1 Å². The molecule has 0 radical (unpaired) electrons. The average molecular weight is 428 g/mol. The molecule has 160 valence electrons. The summed E-state index contributed by atoms with van der Waals surface area (Å²) >= 11 is 1.50. The first-order valence-corrected chi connectivity index (χ1v) is 11.5. The number of nitrogens with zero attached hydrogens (tertiary/aromatic N) is 2. The predicted molar refractivity (Wildman–Crippen MR) is 123 cm³/mol. The number of anilines is 1. The first-order valence-electron chi connectivity index (χ1n) is 10.4. The second-order valence-corrected chi connectivity index (χ2v) is 8.98. The van der Waals surface area contributed by atoms with Gasteiger partial charge in [0.05, 0.1) is 16.7 Å². The van der Waals surface area contributed by atoms with E-state index in [1.165, 1.54) is 42.4 Å². The van der Waals surface area contributed by atoms with Crippen LogP contribution in [0.15, 0.2) is 48.5 Å². The van der Waals surface area contributed by atoms with Gasteiger partial charge in [-0.2, -0.15) is 0 Å². The maximum atomic E-state index is 12.3. The van der Waals surface area contributed by atoms with Gasteiger partial charge in [-0.15, -0.1) is 11.8 Å². The lowest BCUT2D eigenvalue weighted by Gasteiger charge is -2.33. The highest BCUT2D eigenvalue weighted by Crippen LogP contribution is 2.25. The standard InChI is InChI=1S/C23H29N3O3S/c1-17-4-3-13-25(14-17)21-11-7-20(8-12-21)18(2)24-23(27)16-30-15-19-5-9-22(10-6-19)26(28)29/h5-12,17-18H,3-4,13-16H2,1-2H3,(H,24,27)/t17-,18+/m0/s1. The molecule has 2 atom stereocenters. The van der Waals surface area contributed by atoms with Crippen LogP contribution in [0.25, 0.3) is 0 Å². The third kappa shape index (κ3) is 6.23. The molecule has 2 aromatic carbocycles. The highest BCUT2D eigenvalue weighted by atomic mass is 32.2. The first-order chi connectivity index (χ1) is 14.4. The molecule has 7 heteroatoms. The van der Waals surface area contributed by atoms with E-state index in [0.29, 0.717) is 11.5 Å². The molecule has 0 aromatic heterocycles. The summed E-state index contributed by atoms with van der Waals surface area (Å²) < 4.78 is 0. The first kappa shape index (κ1) is 22.2. The number of nitro groups is 1. The Morgan fingerprint density at radius 3 is 2.57 bits per heavy atom. The molecule has 0 bridgehead atoms. The van der Waals surface area contributed by atoms with Crippen molar-refractivity contribution in [2.45, 2.75) is 38.5 Å². The number of nitro benzene ring substituents is 1. The fraction of sp³-hybridized carbons (Fsp3) is 0.435. The normalized spacial score (nSPS) is 17.4. The third-order valence-corrected chi connectivity index (χ3v) is 6.45. The molecule has 1 aliphatic rings. The number of thioether (sulfide) groups is 1. The number of nitrogens with one attached hydrogen (secondary N) is 1. The summed E-state index contributed by atoms with van der Waals surface area (Å²) in [5, 5.41) is 13.7. The number of rotatable bonds is 8. The topological polar surface area (TPSA) is 75.5 Å². The van der Waals surface area contributed by atoms with Crippen molar-refractivity contribution in [3.05, 3.63) is 69.8 Å². The van der Waals surface area contributed by atoms with Crippen LogP contribution >= 0.6 is 11.8 Å². The second kappa shape index (κ2) is 10.5.